The van der Waals surface area contributed by atoms with E-state index in [1.807, 2.05) is 0 Å². The largest absolute Gasteiger partial charge is 0.379 e. The van der Waals surface area contributed by atoms with Crippen LogP contribution in [0.2, 0.25) is 0 Å². The van der Waals surface area contributed by atoms with E-state index >= 15 is 0 Å². The van der Waals surface area contributed by atoms with E-state index in [1.54, 1.807) is 6.33 Å². The van der Waals surface area contributed by atoms with Crippen molar-refractivity contribution in [1.29, 1.82) is 0 Å². The number of rotatable bonds is 7. The summed E-state index contributed by atoms with van der Waals surface area (Å²) in [4.78, 5) is 2.42. The molecule has 0 bridgehead atoms. The molecule has 1 saturated heterocycles. The van der Waals surface area contributed by atoms with Crippen LogP contribution in [0.15, 0.2) is 6.33 Å². The molecule has 1 aliphatic heterocycles. The molecule has 0 unspecified atom stereocenters. The molecule has 6 nitrogen and oxygen atoms in total. The maximum absolute atomic E-state index is 5.84. The van der Waals surface area contributed by atoms with Crippen molar-refractivity contribution in [1.82, 2.24) is 19.7 Å². The van der Waals surface area contributed by atoms with Crippen molar-refractivity contribution in [3.63, 3.8) is 0 Å². The molecule has 1 aliphatic rings. The van der Waals surface area contributed by atoms with Gasteiger partial charge < -0.3 is 14.0 Å². The summed E-state index contributed by atoms with van der Waals surface area (Å²) in [5.74, 6) is 0.940. The van der Waals surface area contributed by atoms with Crippen LogP contribution in [-0.4, -0.2) is 58.6 Å². The molecule has 0 saturated carbocycles. The lowest BCUT2D eigenvalue weighted by molar-refractivity contribution is -0.0390. The molecule has 1 atom stereocenters. The number of hydrogen-bond donors (Lipinski definition) is 0. The molecule has 1 aromatic rings. The van der Waals surface area contributed by atoms with Crippen LogP contribution in [0, 0.1) is 0 Å². The van der Waals surface area contributed by atoms with Crippen molar-refractivity contribution in [2.75, 3.05) is 32.8 Å². The topological polar surface area (TPSA) is 52.4 Å². The van der Waals surface area contributed by atoms with Gasteiger partial charge in [-0.3, -0.25) is 4.90 Å². The first-order chi connectivity index (χ1) is 9.70. The molecule has 0 radical (unpaired) electrons. The molecule has 2 rings (SSSR count). The fraction of sp³-hybridized carbons (Fsp3) is 0.857. The molecule has 1 aromatic heterocycles. The summed E-state index contributed by atoms with van der Waals surface area (Å²) in [6.45, 7) is 11.6. The van der Waals surface area contributed by atoms with Gasteiger partial charge in [0.05, 0.1) is 12.7 Å². The number of morpholine rings is 1. The van der Waals surface area contributed by atoms with Crippen LogP contribution < -0.4 is 0 Å². The van der Waals surface area contributed by atoms with E-state index in [0.29, 0.717) is 6.10 Å². The van der Waals surface area contributed by atoms with Crippen molar-refractivity contribution in [2.24, 2.45) is 0 Å². The highest BCUT2D eigenvalue weighted by molar-refractivity contribution is 4.94. The summed E-state index contributed by atoms with van der Waals surface area (Å²) >= 11 is 0. The summed E-state index contributed by atoms with van der Waals surface area (Å²) in [6.07, 6.45) is 3.19. The molecule has 0 aromatic carbocycles. The molecule has 20 heavy (non-hydrogen) atoms. The minimum absolute atomic E-state index is 0.0391. The molecule has 1 fully saturated rings. The van der Waals surface area contributed by atoms with E-state index in [-0.39, 0.29) is 6.10 Å². The van der Waals surface area contributed by atoms with E-state index < -0.39 is 0 Å². The Morgan fingerprint density at radius 3 is 3.10 bits per heavy atom. The smallest absolute Gasteiger partial charge is 0.163 e. The van der Waals surface area contributed by atoms with Crippen LogP contribution in [-0.2, 0) is 16.0 Å². The fourth-order valence-electron chi connectivity index (χ4n) is 2.43. The Morgan fingerprint density at radius 1 is 1.50 bits per heavy atom. The standard InChI is InChI=1S/C14H26N4O2/c1-4-18-11-15-16-14(18)13-10-17(7-9-20-13)6-5-8-19-12(2)3/h11-13H,4-10H2,1-3H3/t13-/m1/s1. The minimum Gasteiger partial charge on any atom is -0.379 e. The summed E-state index contributed by atoms with van der Waals surface area (Å²) in [5, 5.41) is 8.18. The number of ether oxygens (including phenoxy) is 2. The molecule has 0 amide bonds. The van der Waals surface area contributed by atoms with Gasteiger partial charge in [0.1, 0.15) is 12.4 Å². The number of aryl methyl sites for hydroxylation is 1. The highest BCUT2D eigenvalue weighted by Gasteiger charge is 2.25. The molecular formula is C14H26N4O2. The number of nitrogens with zero attached hydrogens (tertiary/aromatic N) is 4. The normalized spacial score (nSPS) is 20.7. The van der Waals surface area contributed by atoms with Gasteiger partial charge in [-0.25, -0.2) is 0 Å². The maximum atomic E-state index is 5.84. The Morgan fingerprint density at radius 2 is 2.35 bits per heavy atom. The van der Waals surface area contributed by atoms with Crippen molar-refractivity contribution in [3.8, 4) is 0 Å². The maximum Gasteiger partial charge on any atom is 0.163 e. The van der Waals surface area contributed by atoms with Crippen molar-refractivity contribution in [2.45, 2.75) is 45.9 Å². The van der Waals surface area contributed by atoms with E-state index in [9.17, 15) is 0 Å². The summed E-state index contributed by atoms with van der Waals surface area (Å²) in [5.41, 5.74) is 0. The Labute approximate surface area is 121 Å². The minimum atomic E-state index is 0.0391. The quantitative estimate of drug-likeness (QED) is 0.709. The van der Waals surface area contributed by atoms with Gasteiger partial charge in [0.2, 0.25) is 0 Å². The first-order valence-corrected chi connectivity index (χ1v) is 7.54. The zero-order valence-corrected chi connectivity index (χ0v) is 12.8. The highest BCUT2D eigenvalue weighted by atomic mass is 16.5. The fourth-order valence-corrected chi connectivity index (χ4v) is 2.43. The van der Waals surface area contributed by atoms with Crippen LogP contribution >= 0.6 is 0 Å². The second-order valence-electron chi connectivity index (χ2n) is 5.41. The van der Waals surface area contributed by atoms with E-state index in [4.69, 9.17) is 9.47 Å². The van der Waals surface area contributed by atoms with Gasteiger partial charge in [-0.15, -0.1) is 10.2 Å². The predicted octanol–water partition coefficient (Wildman–Crippen LogP) is 1.49. The lowest BCUT2D eigenvalue weighted by Gasteiger charge is -2.32. The molecular weight excluding hydrogens is 256 g/mol. The third-order valence-electron chi connectivity index (χ3n) is 3.49. The van der Waals surface area contributed by atoms with Gasteiger partial charge in [0.25, 0.3) is 0 Å². The van der Waals surface area contributed by atoms with E-state index in [2.05, 4.69) is 40.4 Å². The van der Waals surface area contributed by atoms with E-state index in [0.717, 1.165) is 51.6 Å². The molecule has 0 aliphatic carbocycles. The van der Waals surface area contributed by atoms with Gasteiger partial charge in [0.15, 0.2) is 5.82 Å². The Kier molecular flexibility index (Phi) is 5.94. The van der Waals surface area contributed by atoms with Crippen LogP contribution in [0.3, 0.4) is 0 Å². The van der Waals surface area contributed by atoms with Gasteiger partial charge in [0, 0.05) is 32.8 Å². The second-order valence-corrected chi connectivity index (χ2v) is 5.41. The Hall–Kier alpha value is -0.980. The van der Waals surface area contributed by atoms with Crippen LogP contribution in [0.25, 0.3) is 0 Å². The molecule has 2 heterocycles. The SMILES string of the molecule is CCn1cnnc1[C@H]1CN(CCCOC(C)C)CCO1. The average Bonchev–Trinajstić information content (AvgIpc) is 2.92. The van der Waals surface area contributed by atoms with Crippen molar-refractivity contribution < 1.29 is 9.47 Å². The number of hydrogen-bond acceptors (Lipinski definition) is 5. The summed E-state index contributed by atoms with van der Waals surface area (Å²) in [6, 6.07) is 0. The Bertz CT molecular complexity index is 394. The predicted molar refractivity (Wildman–Crippen MR) is 76.5 cm³/mol. The molecule has 0 spiro atoms. The zero-order valence-electron chi connectivity index (χ0n) is 12.8. The Balaban J connectivity index is 1.80. The third-order valence-corrected chi connectivity index (χ3v) is 3.49. The van der Waals surface area contributed by atoms with Crippen LogP contribution in [0.5, 0.6) is 0 Å². The van der Waals surface area contributed by atoms with Gasteiger partial charge in [-0.2, -0.15) is 0 Å². The van der Waals surface area contributed by atoms with E-state index in [1.165, 1.54) is 0 Å². The van der Waals surface area contributed by atoms with Crippen molar-refractivity contribution >= 4 is 0 Å². The third kappa shape index (κ3) is 4.26. The summed E-state index contributed by atoms with van der Waals surface area (Å²) in [7, 11) is 0. The molecule has 114 valence electrons. The molecule has 6 heteroatoms. The molecule has 0 N–H and O–H groups in total. The first-order valence-electron chi connectivity index (χ1n) is 7.54. The van der Waals surface area contributed by atoms with Crippen molar-refractivity contribution in [3.05, 3.63) is 12.2 Å². The average molecular weight is 282 g/mol. The van der Waals surface area contributed by atoms with Crippen LogP contribution in [0.4, 0.5) is 0 Å². The lowest BCUT2D eigenvalue weighted by atomic mass is 10.2. The van der Waals surface area contributed by atoms with Crippen LogP contribution in [0.1, 0.15) is 39.1 Å². The first kappa shape index (κ1) is 15.4. The highest BCUT2D eigenvalue weighted by Crippen LogP contribution is 2.20. The number of aromatic nitrogens is 3. The van der Waals surface area contributed by atoms with Gasteiger partial charge in [-0.05, 0) is 27.2 Å². The second kappa shape index (κ2) is 7.71. The lowest BCUT2D eigenvalue weighted by Crippen LogP contribution is -2.40. The summed E-state index contributed by atoms with van der Waals surface area (Å²) < 4.78 is 13.5. The monoisotopic (exact) mass is 282 g/mol. The zero-order chi connectivity index (χ0) is 14.4. The van der Waals surface area contributed by atoms with Gasteiger partial charge in [-0.1, -0.05) is 0 Å². The van der Waals surface area contributed by atoms with Gasteiger partial charge >= 0.3 is 0 Å².